The maximum Gasteiger partial charge on any atom is 0.332 e. The lowest BCUT2D eigenvalue weighted by atomic mass is 9.89. The summed E-state index contributed by atoms with van der Waals surface area (Å²) < 4.78 is 27.5. The Balaban J connectivity index is 1.73. The number of sulfonamides is 1. The Hall–Kier alpha value is -1.38. The summed E-state index contributed by atoms with van der Waals surface area (Å²) in [5, 5.41) is 2.00. The number of amides is 2. The minimum absolute atomic E-state index is 0.239. The average molecular weight is 455 g/mol. The summed E-state index contributed by atoms with van der Waals surface area (Å²) in [5.74, 6) is 0. The van der Waals surface area contributed by atoms with Gasteiger partial charge in [0.15, 0.2) is 0 Å². The van der Waals surface area contributed by atoms with Crippen molar-refractivity contribution < 1.29 is 13.2 Å². The molecule has 31 heavy (non-hydrogen) atoms. The summed E-state index contributed by atoms with van der Waals surface area (Å²) in [5.41, 5.74) is 1.33. The van der Waals surface area contributed by atoms with E-state index in [2.05, 4.69) is 67.6 Å². The Morgan fingerprint density at radius 2 is 1.71 bits per heavy atom. The van der Waals surface area contributed by atoms with E-state index in [1.54, 1.807) is 0 Å². The largest absolute Gasteiger partial charge is 0.332 e. The Labute approximate surface area is 189 Å². The highest BCUT2D eigenvalue weighted by atomic mass is 32.2. The second-order valence-corrected chi connectivity index (χ2v) is 12.5. The SMILES string of the molecule is C=C(CCCC(C)(C)C)C(=C)NC(=O)NS(=O)(=O)C1CCN(C2CN(C(C)C)C2)CC1. The first-order valence-corrected chi connectivity index (χ1v) is 13.0. The number of rotatable bonds is 9. The van der Waals surface area contributed by atoms with Gasteiger partial charge in [0.2, 0.25) is 10.0 Å². The first kappa shape index (κ1) is 25.9. The zero-order chi connectivity index (χ0) is 23.4. The Kier molecular flexibility index (Phi) is 8.76. The van der Waals surface area contributed by atoms with Crippen LogP contribution in [0.2, 0.25) is 0 Å². The van der Waals surface area contributed by atoms with Crippen LogP contribution in [-0.2, 0) is 10.0 Å². The third kappa shape index (κ3) is 7.91. The second kappa shape index (κ2) is 10.5. The van der Waals surface area contributed by atoms with Crippen molar-refractivity contribution in [3.05, 3.63) is 24.4 Å². The van der Waals surface area contributed by atoms with Crippen LogP contribution in [0.25, 0.3) is 0 Å². The van der Waals surface area contributed by atoms with E-state index < -0.39 is 21.3 Å². The van der Waals surface area contributed by atoms with E-state index in [1.165, 1.54) is 0 Å². The molecule has 2 rings (SSSR count). The summed E-state index contributed by atoms with van der Waals surface area (Å²) in [7, 11) is -3.72. The average Bonchev–Trinajstić information content (AvgIpc) is 2.58. The zero-order valence-corrected chi connectivity index (χ0v) is 20.9. The minimum Gasteiger partial charge on any atom is -0.308 e. The van der Waals surface area contributed by atoms with Crippen molar-refractivity contribution in [3.63, 3.8) is 0 Å². The molecule has 2 heterocycles. The molecule has 0 saturated carbocycles. The lowest BCUT2D eigenvalue weighted by molar-refractivity contribution is 0.00577. The van der Waals surface area contributed by atoms with Gasteiger partial charge in [-0.1, -0.05) is 33.9 Å². The number of likely N-dealkylation sites (tertiary alicyclic amines) is 2. The van der Waals surface area contributed by atoms with Crippen LogP contribution < -0.4 is 10.0 Å². The van der Waals surface area contributed by atoms with E-state index in [9.17, 15) is 13.2 Å². The smallest absolute Gasteiger partial charge is 0.308 e. The van der Waals surface area contributed by atoms with Crippen molar-refractivity contribution >= 4 is 16.1 Å². The van der Waals surface area contributed by atoms with Crippen molar-refractivity contribution in [1.29, 1.82) is 0 Å². The molecule has 0 aromatic heterocycles. The number of nitrogens with one attached hydrogen (secondary N) is 2. The number of hydrogen-bond donors (Lipinski definition) is 2. The van der Waals surface area contributed by atoms with Crippen LogP contribution in [0.4, 0.5) is 4.79 Å². The first-order valence-electron chi connectivity index (χ1n) is 11.5. The number of carbonyl (C=O) groups excluding carboxylic acids is 1. The molecule has 0 radical (unpaired) electrons. The summed E-state index contributed by atoms with van der Waals surface area (Å²) in [6.45, 7) is 22.3. The van der Waals surface area contributed by atoms with Crippen LogP contribution in [-0.4, -0.2) is 67.8 Å². The van der Waals surface area contributed by atoms with Crippen molar-refractivity contribution in [2.45, 2.75) is 84.1 Å². The molecule has 0 spiro atoms. The standard InChI is InChI=1S/C23H42N4O3S/c1-17(2)27-15-20(16-27)26-13-10-21(11-14-26)31(29,30)25-22(28)24-19(4)18(3)9-8-12-23(5,6)7/h17,20-21H,3-4,8-16H2,1-2,5-7H3,(H2,24,25,28). The number of allylic oxidation sites excluding steroid dienone is 1. The molecule has 0 aromatic rings. The van der Waals surface area contributed by atoms with Crippen molar-refractivity contribution in [2.75, 3.05) is 26.2 Å². The van der Waals surface area contributed by atoms with Crippen LogP contribution >= 0.6 is 0 Å². The molecule has 2 N–H and O–H groups in total. The lowest BCUT2D eigenvalue weighted by Crippen LogP contribution is -2.63. The van der Waals surface area contributed by atoms with Gasteiger partial charge in [0.05, 0.1) is 5.25 Å². The Morgan fingerprint density at radius 1 is 1.13 bits per heavy atom. The molecule has 0 unspecified atom stereocenters. The van der Waals surface area contributed by atoms with Crippen molar-refractivity contribution in [1.82, 2.24) is 19.8 Å². The maximum atomic E-state index is 12.7. The second-order valence-electron chi connectivity index (χ2n) is 10.5. The van der Waals surface area contributed by atoms with Crippen LogP contribution in [0.3, 0.4) is 0 Å². The van der Waals surface area contributed by atoms with E-state index >= 15 is 0 Å². The molecular formula is C23H42N4O3S. The molecule has 0 aromatic carbocycles. The van der Waals surface area contributed by atoms with Gasteiger partial charge in [-0.3, -0.25) is 9.80 Å². The van der Waals surface area contributed by atoms with E-state index in [1.807, 2.05) is 0 Å². The van der Waals surface area contributed by atoms with Crippen LogP contribution in [0.15, 0.2) is 24.4 Å². The van der Waals surface area contributed by atoms with E-state index in [0.29, 0.717) is 30.6 Å². The van der Waals surface area contributed by atoms with Crippen molar-refractivity contribution in [2.24, 2.45) is 5.41 Å². The molecule has 2 saturated heterocycles. The summed E-state index contributed by atoms with van der Waals surface area (Å²) >= 11 is 0. The molecule has 0 bridgehead atoms. The fraction of sp³-hybridized carbons (Fsp3) is 0.783. The number of nitrogens with zero attached hydrogens (tertiary/aromatic N) is 2. The van der Waals surface area contributed by atoms with Gasteiger partial charge in [-0.25, -0.2) is 17.9 Å². The van der Waals surface area contributed by atoms with Gasteiger partial charge in [-0.15, -0.1) is 0 Å². The molecule has 178 valence electrons. The monoisotopic (exact) mass is 454 g/mol. The molecule has 2 fully saturated rings. The molecule has 2 aliphatic heterocycles. The Morgan fingerprint density at radius 3 is 2.23 bits per heavy atom. The fourth-order valence-electron chi connectivity index (χ4n) is 4.14. The number of hydrogen-bond acceptors (Lipinski definition) is 5. The molecule has 7 nitrogen and oxygen atoms in total. The quantitative estimate of drug-likeness (QED) is 0.522. The van der Waals surface area contributed by atoms with E-state index in [4.69, 9.17) is 0 Å². The fourth-order valence-corrected chi connectivity index (χ4v) is 5.45. The summed E-state index contributed by atoms with van der Waals surface area (Å²) in [4.78, 5) is 17.1. The van der Waals surface area contributed by atoms with E-state index in [-0.39, 0.29) is 5.41 Å². The van der Waals surface area contributed by atoms with Crippen molar-refractivity contribution in [3.8, 4) is 0 Å². The van der Waals surface area contributed by atoms with Crippen LogP contribution in [0.5, 0.6) is 0 Å². The van der Waals surface area contributed by atoms with Gasteiger partial charge < -0.3 is 5.32 Å². The number of piperidine rings is 1. The number of carbonyl (C=O) groups is 1. The number of urea groups is 1. The molecule has 0 atom stereocenters. The highest BCUT2D eigenvalue weighted by Gasteiger charge is 2.38. The zero-order valence-electron chi connectivity index (χ0n) is 20.0. The van der Waals surface area contributed by atoms with Gasteiger partial charge in [-0.05, 0) is 70.0 Å². The van der Waals surface area contributed by atoms with Gasteiger partial charge in [0, 0.05) is 30.9 Å². The summed E-state index contributed by atoms with van der Waals surface area (Å²) in [6, 6.07) is 0.326. The summed E-state index contributed by atoms with van der Waals surface area (Å²) in [6.07, 6.45) is 3.78. The third-order valence-corrected chi connectivity index (χ3v) is 8.20. The predicted molar refractivity (Wildman–Crippen MR) is 127 cm³/mol. The highest BCUT2D eigenvalue weighted by molar-refractivity contribution is 7.90. The highest BCUT2D eigenvalue weighted by Crippen LogP contribution is 2.25. The topological polar surface area (TPSA) is 81.8 Å². The lowest BCUT2D eigenvalue weighted by Gasteiger charge is -2.49. The van der Waals surface area contributed by atoms with Crippen LogP contribution in [0.1, 0.15) is 66.7 Å². The molecule has 8 heteroatoms. The van der Waals surface area contributed by atoms with Gasteiger partial charge >= 0.3 is 6.03 Å². The van der Waals surface area contributed by atoms with Gasteiger partial charge in [0.1, 0.15) is 0 Å². The third-order valence-electron chi connectivity index (χ3n) is 6.38. The van der Waals surface area contributed by atoms with E-state index in [0.717, 1.165) is 51.0 Å². The first-order chi connectivity index (χ1) is 14.3. The maximum absolute atomic E-state index is 12.7. The van der Waals surface area contributed by atoms with Gasteiger partial charge in [0.25, 0.3) is 0 Å². The molecule has 0 aliphatic carbocycles. The normalized spacial score (nSPS) is 19.8. The molecular weight excluding hydrogens is 412 g/mol. The molecule has 2 amide bonds. The predicted octanol–water partition coefficient (Wildman–Crippen LogP) is 3.46. The van der Waals surface area contributed by atoms with Gasteiger partial charge in [-0.2, -0.15) is 0 Å². The Bertz CT molecular complexity index is 756. The molecule has 2 aliphatic rings. The minimum atomic E-state index is -3.72. The van der Waals surface area contributed by atoms with Crippen LogP contribution in [0, 0.1) is 5.41 Å².